The summed E-state index contributed by atoms with van der Waals surface area (Å²) in [4.78, 5) is 14.5. The van der Waals surface area contributed by atoms with Gasteiger partial charge in [-0.25, -0.2) is 4.79 Å². The molecule has 1 heterocycles. The van der Waals surface area contributed by atoms with Crippen molar-refractivity contribution in [3.05, 3.63) is 64.2 Å². The van der Waals surface area contributed by atoms with E-state index < -0.39 is 6.29 Å². The number of hydrogen-bond donors (Lipinski definition) is 0. The summed E-state index contributed by atoms with van der Waals surface area (Å²) < 4.78 is 15.8. The molecule has 5 nitrogen and oxygen atoms in total. The van der Waals surface area contributed by atoms with Crippen LogP contribution < -0.4 is 4.90 Å². The lowest BCUT2D eigenvalue weighted by molar-refractivity contribution is -0.109. The summed E-state index contributed by atoms with van der Waals surface area (Å²) in [7, 11) is 4.61. The number of anilines is 1. The highest BCUT2D eigenvalue weighted by Gasteiger charge is 2.36. The molecule has 6 heteroatoms. The van der Waals surface area contributed by atoms with Crippen LogP contribution in [0.15, 0.2) is 42.5 Å². The summed E-state index contributed by atoms with van der Waals surface area (Å²) in [5.74, 6) is -0.348. The Labute approximate surface area is 158 Å². The largest absolute Gasteiger partial charge is 0.465 e. The van der Waals surface area contributed by atoms with E-state index in [1.807, 2.05) is 36.4 Å². The van der Waals surface area contributed by atoms with E-state index in [1.54, 1.807) is 20.3 Å². The first-order chi connectivity index (χ1) is 12.6. The number of hydrogen-bond acceptors (Lipinski definition) is 5. The Morgan fingerprint density at radius 1 is 1.15 bits per heavy atom. The second-order valence-corrected chi connectivity index (χ2v) is 6.51. The van der Waals surface area contributed by atoms with Crippen molar-refractivity contribution < 1.29 is 19.0 Å². The van der Waals surface area contributed by atoms with Crippen molar-refractivity contribution in [2.45, 2.75) is 25.3 Å². The molecule has 3 rings (SSSR count). The molecule has 1 atom stereocenters. The highest BCUT2D eigenvalue weighted by atomic mass is 35.5. The van der Waals surface area contributed by atoms with Gasteiger partial charge in [-0.3, -0.25) is 0 Å². The summed E-state index contributed by atoms with van der Waals surface area (Å²) in [6.07, 6.45) is 0.154. The van der Waals surface area contributed by atoms with Gasteiger partial charge in [0.2, 0.25) is 0 Å². The molecule has 0 saturated heterocycles. The fourth-order valence-corrected chi connectivity index (χ4v) is 3.78. The van der Waals surface area contributed by atoms with Gasteiger partial charge in [0.25, 0.3) is 0 Å². The standard InChI is InChI=1S/C20H22ClNO4/c1-24-18(25-2)11-17-19-13(7-6-8-14(19)20(23)26-3)12-22(17)16-10-5-4-9-15(16)21/h4-10,17-18H,11-12H2,1-3H3. The van der Waals surface area contributed by atoms with Crippen molar-refractivity contribution in [1.29, 1.82) is 0 Å². The van der Waals surface area contributed by atoms with E-state index >= 15 is 0 Å². The molecule has 138 valence electrons. The zero-order valence-corrected chi connectivity index (χ0v) is 15.8. The number of esters is 1. The third-order valence-electron chi connectivity index (χ3n) is 4.76. The number of fused-ring (bicyclic) bond motifs is 1. The van der Waals surface area contributed by atoms with Gasteiger partial charge in [0, 0.05) is 27.2 Å². The molecule has 0 amide bonds. The zero-order valence-electron chi connectivity index (χ0n) is 15.1. The van der Waals surface area contributed by atoms with Gasteiger partial charge in [0.1, 0.15) is 0 Å². The van der Waals surface area contributed by atoms with Crippen molar-refractivity contribution in [3.63, 3.8) is 0 Å². The average molecular weight is 376 g/mol. The van der Waals surface area contributed by atoms with Crippen LogP contribution in [0.5, 0.6) is 0 Å². The van der Waals surface area contributed by atoms with Crippen LogP contribution in [-0.2, 0) is 20.8 Å². The maximum Gasteiger partial charge on any atom is 0.338 e. The van der Waals surface area contributed by atoms with Crippen LogP contribution in [0.1, 0.15) is 33.9 Å². The Kier molecular flexibility index (Phi) is 5.81. The molecule has 0 fully saturated rings. The number of rotatable bonds is 6. The van der Waals surface area contributed by atoms with E-state index in [-0.39, 0.29) is 12.0 Å². The quantitative estimate of drug-likeness (QED) is 0.559. The van der Waals surface area contributed by atoms with Crippen molar-refractivity contribution in [1.82, 2.24) is 0 Å². The van der Waals surface area contributed by atoms with Crippen LogP contribution in [0, 0.1) is 0 Å². The number of carbonyl (C=O) groups is 1. The van der Waals surface area contributed by atoms with Crippen LogP contribution in [0.4, 0.5) is 5.69 Å². The predicted molar refractivity (Wildman–Crippen MR) is 101 cm³/mol. The van der Waals surface area contributed by atoms with Gasteiger partial charge < -0.3 is 19.1 Å². The van der Waals surface area contributed by atoms with Gasteiger partial charge >= 0.3 is 5.97 Å². The van der Waals surface area contributed by atoms with Gasteiger partial charge in [0.05, 0.1) is 29.4 Å². The molecule has 2 aromatic rings. The normalized spacial score (nSPS) is 16.0. The monoisotopic (exact) mass is 375 g/mol. The van der Waals surface area contributed by atoms with Crippen LogP contribution in [0.3, 0.4) is 0 Å². The van der Waals surface area contributed by atoms with Crippen molar-refractivity contribution in [2.24, 2.45) is 0 Å². The van der Waals surface area contributed by atoms with Crippen LogP contribution in [0.25, 0.3) is 0 Å². The lowest BCUT2D eigenvalue weighted by atomic mass is 9.96. The molecule has 0 N–H and O–H groups in total. The number of para-hydroxylation sites is 1. The van der Waals surface area contributed by atoms with E-state index in [0.29, 0.717) is 23.6 Å². The third-order valence-corrected chi connectivity index (χ3v) is 5.07. The topological polar surface area (TPSA) is 48.0 Å². The summed E-state index contributed by atoms with van der Waals surface area (Å²) >= 11 is 6.45. The van der Waals surface area contributed by atoms with Gasteiger partial charge in [0.15, 0.2) is 6.29 Å². The first kappa shape index (κ1) is 18.7. The summed E-state index contributed by atoms with van der Waals surface area (Å²) in [6.45, 7) is 0.648. The maximum absolute atomic E-state index is 12.3. The van der Waals surface area contributed by atoms with Gasteiger partial charge in [-0.05, 0) is 29.3 Å². The molecule has 1 aliphatic rings. The number of nitrogens with zero attached hydrogens (tertiary/aromatic N) is 1. The molecular weight excluding hydrogens is 354 g/mol. The Morgan fingerprint density at radius 3 is 2.54 bits per heavy atom. The average Bonchev–Trinajstić information content (AvgIpc) is 3.03. The predicted octanol–water partition coefficient (Wildman–Crippen LogP) is 4.20. The lowest BCUT2D eigenvalue weighted by Gasteiger charge is -2.30. The van der Waals surface area contributed by atoms with Crippen molar-refractivity contribution in [2.75, 3.05) is 26.2 Å². The molecule has 0 radical (unpaired) electrons. The second-order valence-electron chi connectivity index (χ2n) is 6.10. The van der Waals surface area contributed by atoms with E-state index in [0.717, 1.165) is 16.8 Å². The Hall–Kier alpha value is -2.08. The first-order valence-corrected chi connectivity index (χ1v) is 8.75. The fourth-order valence-electron chi connectivity index (χ4n) is 3.54. The Morgan fingerprint density at radius 2 is 1.88 bits per heavy atom. The lowest BCUT2D eigenvalue weighted by Crippen LogP contribution is -2.28. The highest BCUT2D eigenvalue weighted by molar-refractivity contribution is 6.33. The zero-order chi connectivity index (χ0) is 18.7. The SMILES string of the molecule is COC(=O)c1cccc2c1C(CC(OC)OC)N(c1ccccc1Cl)C2. The summed E-state index contributed by atoms with van der Waals surface area (Å²) in [5, 5.41) is 0.663. The number of carbonyl (C=O) groups excluding carboxylic acids is 1. The number of ether oxygens (including phenoxy) is 3. The minimum absolute atomic E-state index is 0.120. The van der Waals surface area contributed by atoms with Crippen LogP contribution in [0.2, 0.25) is 5.02 Å². The van der Waals surface area contributed by atoms with E-state index in [9.17, 15) is 4.79 Å². The molecule has 0 bridgehead atoms. The summed E-state index contributed by atoms with van der Waals surface area (Å²) in [6, 6.07) is 13.3. The highest BCUT2D eigenvalue weighted by Crippen LogP contribution is 2.44. The molecule has 26 heavy (non-hydrogen) atoms. The minimum Gasteiger partial charge on any atom is -0.465 e. The second kappa shape index (κ2) is 8.08. The van der Waals surface area contributed by atoms with Crippen LogP contribution in [-0.4, -0.2) is 33.6 Å². The minimum atomic E-state index is -0.401. The summed E-state index contributed by atoms with van der Waals surface area (Å²) in [5.41, 5.74) is 3.50. The van der Waals surface area contributed by atoms with Gasteiger partial charge in [-0.1, -0.05) is 35.9 Å². The van der Waals surface area contributed by atoms with E-state index in [1.165, 1.54) is 7.11 Å². The van der Waals surface area contributed by atoms with Crippen LogP contribution >= 0.6 is 11.6 Å². The molecule has 1 unspecified atom stereocenters. The van der Waals surface area contributed by atoms with Gasteiger partial charge in [-0.15, -0.1) is 0 Å². The molecule has 1 aliphatic heterocycles. The fraction of sp³-hybridized carbons (Fsp3) is 0.350. The Balaban J connectivity index is 2.09. The smallest absolute Gasteiger partial charge is 0.338 e. The number of benzene rings is 2. The molecule has 0 aliphatic carbocycles. The van der Waals surface area contributed by atoms with E-state index in [2.05, 4.69) is 4.90 Å². The Bertz CT molecular complexity index is 791. The number of methoxy groups -OCH3 is 3. The number of halogens is 1. The van der Waals surface area contributed by atoms with Crippen molar-refractivity contribution in [3.8, 4) is 0 Å². The van der Waals surface area contributed by atoms with Gasteiger partial charge in [-0.2, -0.15) is 0 Å². The first-order valence-electron chi connectivity index (χ1n) is 8.37. The molecule has 2 aromatic carbocycles. The third kappa shape index (κ3) is 3.43. The van der Waals surface area contributed by atoms with Crippen molar-refractivity contribution >= 4 is 23.3 Å². The molecular formula is C20H22ClNO4. The molecule has 0 saturated carbocycles. The molecule has 0 aromatic heterocycles. The molecule has 0 spiro atoms. The maximum atomic E-state index is 12.3. The van der Waals surface area contributed by atoms with E-state index in [4.69, 9.17) is 25.8 Å².